The number of nitrogens with one attached hydrogen (secondary N) is 2. The van der Waals surface area contributed by atoms with Crippen molar-refractivity contribution in [3.63, 3.8) is 0 Å². The average Bonchev–Trinajstić information content (AvgIpc) is 3.42. The first kappa shape index (κ1) is 23.7. The maximum Gasteiger partial charge on any atom is 0.321 e. The van der Waals surface area contributed by atoms with Gasteiger partial charge in [0.25, 0.3) is 0 Å². The highest BCUT2D eigenvalue weighted by atomic mass is 32.2. The first-order valence-corrected chi connectivity index (χ1v) is 13.8. The highest BCUT2D eigenvalue weighted by Crippen LogP contribution is 2.29. The van der Waals surface area contributed by atoms with E-state index in [1.807, 2.05) is 0 Å². The minimum atomic E-state index is -3.32. The standard InChI is InChI=1S/C23H30N4O4S2/c1-15(2)33(30,31)18-9-7-16(8-10-18)13-21(28)27-12-11-19-20(14-27)32-23(25-19)26-22(29)24-17-5-3-4-6-17/h7-10,15,17H,3-6,11-14H2,1-2H3,(H2,24,25,26,29). The number of hydrogen-bond donors (Lipinski definition) is 2. The van der Waals surface area contributed by atoms with Crippen LogP contribution < -0.4 is 10.6 Å². The molecule has 0 atom stereocenters. The van der Waals surface area contributed by atoms with Gasteiger partial charge in [-0.1, -0.05) is 36.3 Å². The Morgan fingerprint density at radius 1 is 1.18 bits per heavy atom. The Kier molecular flexibility index (Phi) is 7.04. The minimum Gasteiger partial charge on any atom is -0.337 e. The lowest BCUT2D eigenvalue weighted by atomic mass is 10.1. The van der Waals surface area contributed by atoms with Crippen molar-refractivity contribution >= 4 is 38.2 Å². The fourth-order valence-electron chi connectivity index (χ4n) is 4.21. The molecule has 1 aliphatic heterocycles. The van der Waals surface area contributed by atoms with E-state index in [0.717, 1.165) is 41.8 Å². The molecule has 2 aliphatic rings. The van der Waals surface area contributed by atoms with Crippen LogP contribution in [0.5, 0.6) is 0 Å². The molecule has 1 aromatic heterocycles. The smallest absolute Gasteiger partial charge is 0.321 e. The number of carbonyl (C=O) groups is 2. The van der Waals surface area contributed by atoms with E-state index in [1.165, 1.54) is 11.3 Å². The molecule has 0 radical (unpaired) electrons. The molecule has 1 aromatic carbocycles. The van der Waals surface area contributed by atoms with Crippen molar-refractivity contribution in [2.45, 2.75) is 75.1 Å². The van der Waals surface area contributed by atoms with E-state index in [-0.39, 0.29) is 29.3 Å². The molecule has 0 bridgehead atoms. The molecule has 178 valence electrons. The molecule has 0 spiro atoms. The summed E-state index contributed by atoms with van der Waals surface area (Å²) in [5.41, 5.74) is 1.72. The predicted octanol–water partition coefficient (Wildman–Crippen LogP) is 3.52. The lowest BCUT2D eigenvalue weighted by molar-refractivity contribution is -0.131. The maximum atomic E-state index is 12.9. The van der Waals surface area contributed by atoms with Crippen LogP contribution in [0.2, 0.25) is 0 Å². The number of thiazole rings is 1. The number of rotatable bonds is 6. The Labute approximate surface area is 198 Å². The number of hydrogen-bond acceptors (Lipinski definition) is 6. The van der Waals surface area contributed by atoms with Gasteiger partial charge in [0.05, 0.1) is 28.8 Å². The highest BCUT2D eigenvalue weighted by molar-refractivity contribution is 7.92. The number of amides is 3. The first-order valence-electron chi connectivity index (χ1n) is 11.4. The predicted molar refractivity (Wildman–Crippen MR) is 128 cm³/mol. The molecule has 0 saturated heterocycles. The van der Waals surface area contributed by atoms with Crippen molar-refractivity contribution in [1.82, 2.24) is 15.2 Å². The molecule has 1 aliphatic carbocycles. The van der Waals surface area contributed by atoms with Gasteiger partial charge in [0.15, 0.2) is 15.0 Å². The molecule has 2 heterocycles. The third kappa shape index (κ3) is 5.55. The molecule has 2 N–H and O–H groups in total. The summed E-state index contributed by atoms with van der Waals surface area (Å²) < 4.78 is 24.5. The number of sulfone groups is 1. The fourth-order valence-corrected chi connectivity index (χ4v) is 6.28. The van der Waals surface area contributed by atoms with E-state index < -0.39 is 15.1 Å². The zero-order chi connectivity index (χ0) is 23.6. The van der Waals surface area contributed by atoms with Crippen LogP contribution in [0.4, 0.5) is 9.93 Å². The van der Waals surface area contributed by atoms with Crippen LogP contribution in [0.15, 0.2) is 29.2 Å². The Morgan fingerprint density at radius 2 is 1.88 bits per heavy atom. The lowest BCUT2D eigenvalue weighted by Crippen LogP contribution is -2.36. The molecule has 10 heteroatoms. The quantitative estimate of drug-likeness (QED) is 0.644. The van der Waals surface area contributed by atoms with Crippen LogP contribution >= 0.6 is 11.3 Å². The summed E-state index contributed by atoms with van der Waals surface area (Å²) in [7, 11) is -3.32. The molecule has 33 heavy (non-hydrogen) atoms. The number of anilines is 1. The van der Waals surface area contributed by atoms with Gasteiger partial charge in [0, 0.05) is 23.9 Å². The number of nitrogens with zero attached hydrogens (tertiary/aromatic N) is 2. The number of urea groups is 1. The van der Waals surface area contributed by atoms with Crippen molar-refractivity contribution in [1.29, 1.82) is 0 Å². The van der Waals surface area contributed by atoms with Crippen molar-refractivity contribution in [3.8, 4) is 0 Å². The van der Waals surface area contributed by atoms with Crippen molar-refractivity contribution in [2.75, 3.05) is 11.9 Å². The average molecular weight is 491 g/mol. The van der Waals surface area contributed by atoms with Crippen LogP contribution in [-0.4, -0.2) is 48.1 Å². The van der Waals surface area contributed by atoms with Gasteiger partial charge < -0.3 is 10.2 Å². The third-order valence-electron chi connectivity index (χ3n) is 6.22. The molecule has 2 aromatic rings. The van der Waals surface area contributed by atoms with Crippen LogP contribution in [0, 0.1) is 0 Å². The van der Waals surface area contributed by atoms with Gasteiger partial charge in [-0.25, -0.2) is 18.2 Å². The Bertz CT molecular complexity index is 1120. The number of aromatic nitrogens is 1. The highest BCUT2D eigenvalue weighted by Gasteiger charge is 2.25. The van der Waals surface area contributed by atoms with E-state index in [1.54, 1.807) is 43.0 Å². The monoisotopic (exact) mass is 490 g/mol. The van der Waals surface area contributed by atoms with Gasteiger partial charge in [-0.3, -0.25) is 10.1 Å². The lowest BCUT2D eigenvalue weighted by Gasteiger charge is -2.26. The zero-order valence-corrected chi connectivity index (χ0v) is 20.6. The van der Waals surface area contributed by atoms with Crippen molar-refractivity contribution in [2.24, 2.45) is 0 Å². The molecule has 8 nitrogen and oxygen atoms in total. The van der Waals surface area contributed by atoms with Gasteiger partial charge in [-0.2, -0.15) is 0 Å². The van der Waals surface area contributed by atoms with Crippen molar-refractivity contribution in [3.05, 3.63) is 40.4 Å². The van der Waals surface area contributed by atoms with Crippen LogP contribution in [0.3, 0.4) is 0 Å². The summed E-state index contributed by atoms with van der Waals surface area (Å²) in [4.78, 5) is 32.7. The largest absolute Gasteiger partial charge is 0.337 e. The van der Waals surface area contributed by atoms with Crippen LogP contribution in [0.1, 0.15) is 55.7 Å². The summed E-state index contributed by atoms with van der Waals surface area (Å²) in [6.07, 6.45) is 5.22. The zero-order valence-electron chi connectivity index (χ0n) is 19.0. The molecular formula is C23H30N4O4S2. The van der Waals surface area contributed by atoms with Gasteiger partial charge in [-0.05, 0) is 44.4 Å². The van der Waals surface area contributed by atoms with Gasteiger partial charge in [-0.15, -0.1) is 0 Å². The molecule has 4 rings (SSSR count). The van der Waals surface area contributed by atoms with E-state index in [4.69, 9.17) is 0 Å². The van der Waals surface area contributed by atoms with E-state index in [9.17, 15) is 18.0 Å². The van der Waals surface area contributed by atoms with Crippen molar-refractivity contribution < 1.29 is 18.0 Å². The SMILES string of the molecule is CC(C)S(=O)(=O)c1ccc(CC(=O)N2CCc3nc(NC(=O)NC4CCCC4)sc3C2)cc1. The second kappa shape index (κ2) is 9.80. The topological polar surface area (TPSA) is 108 Å². The molecule has 3 amide bonds. The summed E-state index contributed by atoms with van der Waals surface area (Å²) >= 11 is 1.41. The van der Waals surface area contributed by atoms with E-state index in [2.05, 4.69) is 15.6 Å². The Balaban J connectivity index is 1.33. The second-order valence-corrected chi connectivity index (χ2v) is 12.5. The van der Waals surface area contributed by atoms with Gasteiger partial charge >= 0.3 is 6.03 Å². The fraction of sp³-hybridized carbons (Fsp3) is 0.522. The number of fused-ring (bicyclic) bond motifs is 1. The molecule has 0 unspecified atom stereocenters. The maximum absolute atomic E-state index is 12.9. The van der Waals surface area contributed by atoms with E-state index >= 15 is 0 Å². The summed E-state index contributed by atoms with van der Waals surface area (Å²) in [5.74, 6) is -0.0120. The van der Waals surface area contributed by atoms with Crippen LogP contribution in [0.25, 0.3) is 0 Å². The minimum absolute atomic E-state index is 0.0120. The Hall–Kier alpha value is -2.46. The first-order chi connectivity index (χ1) is 15.7. The van der Waals surface area contributed by atoms with Crippen LogP contribution in [-0.2, 0) is 34.0 Å². The number of benzene rings is 1. The molecular weight excluding hydrogens is 460 g/mol. The molecule has 1 saturated carbocycles. The normalized spacial score (nSPS) is 16.6. The second-order valence-electron chi connectivity index (χ2n) is 8.95. The summed E-state index contributed by atoms with van der Waals surface area (Å²) in [6.45, 7) is 4.35. The van der Waals surface area contributed by atoms with E-state index in [0.29, 0.717) is 24.6 Å². The van der Waals surface area contributed by atoms with Gasteiger partial charge in [0.1, 0.15) is 0 Å². The summed E-state index contributed by atoms with van der Waals surface area (Å²) in [6, 6.07) is 6.59. The van der Waals surface area contributed by atoms with Gasteiger partial charge in [0.2, 0.25) is 5.91 Å². The third-order valence-corrected chi connectivity index (χ3v) is 9.39. The Morgan fingerprint density at radius 3 is 2.55 bits per heavy atom. The molecule has 1 fully saturated rings. The number of carbonyl (C=O) groups excluding carboxylic acids is 2. The summed E-state index contributed by atoms with van der Waals surface area (Å²) in [5, 5.41) is 5.91.